The van der Waals surface area contributed by atoms with Crippen LogP contribution in [0.5, 0.6) is 0 Å². The van der Waals surface area contributed by atoms with Gasteiger partial charge in [0.25, 0.3) is 0 Å². The lowest BCUT2D eigenvalue weighted by Gasteiger charge is -2.31. The molecular weight excluding hydrogens is 200 g/mol. The van der Waals surface area contributed by atoms with Crippen LogP contribution < -0.4 is 5.32 Å². The highest BCUT2D eigenvalue weighted by Gasteiger charge is 2.35. The summed E-state index contributed by atoms with van der Waals surface area (Å²) in [6, 6.07) is 0.897. The van der Waals surface area contributed by atoms with E-state index in [1.54, 1.807) is 0 Å². The molecule has 3 nitrogen and oxygen atoms in total. The molecule has 1 saturated heterocycles. The molecule has 1 aliphatic carbocycles. The van der Waals surface area contributed by atoms with Crippen molar-refractivity contribution in [2.24, 2.45) is 5.92 Å². The Balaban J connectivity index is 1.99. The van der Waals surface area contributed by atoms with Gasteiger partial charge in [-0.3, -0.25) is 4.79 Å². The quantitative estimate of drug-likeness (QED) is 0.792. The Morgan fingerprint density at radius 2 is 2.00 bits per heavy atom. The summed E-state index contributed by atoms with van der Waals surface area (Å²) in [5.41, 5.74) is 0. The molecule has 2 fully saturated rings. The van der Waals surface area contributed by atoms with Crippen LogP contribution in [-0.4, -0.2) is 36.0 Å². The standard InChI is InChI=1S/C13H24N2O/c1-3-15(11-6-4-5-7-11)13(16)12-8-9-14-10(12)2/h10-12,14H,3-9H2,1-2H3. The fourth-order valence-corrected chi connectivity index (χ4v) is 3.22. The van der Waals surface area contributed by atoms with Crippen LogP contribution in [-0.2, 0) is 4.79 Å². The predicted molar refractivity (Wildman–Crippen MR) is 65.2 cm³/mol. The summed E-state index contributed by atoms with van der Waals surface area (Å²) in [7, 11) is 0. The maximum absolute atomic E-state index is 12.5. The molecule has 1 heterocycles. The van der Waals surface area contributed by atoms with Crippen molar-refractivity contribution >= 4 is 5.91 Å². The van der Waals surface area contributed by atoms with Gasteiger partial charge >= 0.3 is 0 Å². The second kappa shape index (κ2) is 5.17. The van der Waals surface area contributed by atoms with E-state index in [-0.39, 0.29) is 5.92 Å². The SMILES string of the molecule is CCN(C(=O)C1CCNC1C)C1CCCC1. The zero-order valence-corrected chi connectivity index (χ0v) is 10.5. The van der Waals surface area contributed by atoms with Crippen molar-refractivity contribution in [3.8, 4) is 0 Å². The fraction of sp³-hybridized carbons (Fsp3) is 0.923. The number of rotatable bonds is 3. The topological polar surface area (TPSA) is 32.3 Å². The summed E-state index contributed by atoms with van der Waals surface area (Å²) >= 11 is 0. The first-order chi connectivity index (χ1) is 7.74. The first-order valence-corrected chi connectivity index (χ1v) is 6.78. The maximum atomic E-state index is 12.5. The van der Waals surface area contributed by atoms with Crippen LogP contribution >= 0.6 is 0 Å². The van der Waals surface area contributed by atoms with Crippen LogP contribution in [0.15, 0.2) is 0 Å². The molecule has 1 amide bonds. The monoisotopic (exact) mass is 224 g/mol. The summed E-state index contributed by atoms with van der Waals surface area (Å²) in [6.45, 7) is 6.13. The minimum absolute atomic E-state index is 0.223. The Bertz CT molecular complexity index is 248. The van der Waals surface area contributed by atoms with Gasteiger partial charge in [0.1, 0.15) is 0 Å². The van der Waals surface area contributed by atoms with Gasteiger partial charge in [-0.2, -0.15) is 0 Å². The number of hydrogen-bond acceptors (Lipinski definition) is 2. The van der Waals surface area contributed by atoms with Crippen LogP contribution in [0.1, 0.15) is 46.0 Å². The first-order valence-electron chi connectivity index (χ1n) is 6.78. The van der Waals surface area contributed by atoms with Gasteiger partial charge in [0.05, 0.1) is 5.92 Å². The average Bonchev–Trinajstić information content (AvgIpc) is 2.90. The molecule has 0 bridgehead atoms. The molecule has 1 saturated carbocycles. The minimum atomic E-state index is 0.223. The van der Waals surface area contributed by atoms with Crippen molar-refractivity contribution < 1.29 is 4.79 Å². The maximum Gasteiger partial charge on any atom is 0.227 e. The Hall–Kier alpha value is -0.570. The average molecular weight is 224 g/mol. The van der Waals surface area contributed by atoms with Gasteiger partial charge < -0.3 is 10.2 Å². The third-order valence-electron chi connectivity index (χ3n) is 4.23. The smallest absolute Gasteiger partial charge is 0.227 e. The summed E-state index contributed by atoms with van der Waals surface area (Å²) in [6.07, 6.45) is 6.05. The van der Waals surface area contributed by atoms with E-state index in [0.717, 1.165) is 19.5 Å². The minimum Gasteiger partial charge on any atom is -0.340 e. The normalized spacial score (nSPS) is 30.9. The molecule has 0 spiro atoms. The van der Waals surface area contributed by atoms with E-state index in [1.807, 2.05) is 0 Å². The summed E-state index contributed by atoms with van der Waals surface area (Å²) in [5.74, 6) is 0.618. The molecule has 0 aromatic rings. The largest absolute Gasteiger partial charge is 0.340 e. The second-order valence-electron chi connectivity index (χ2n) is 5.20. The Labute approximate surface area is 98.6 Å². The molecule has 0 aromatic carbocycles. The lowest BCUT2D eigenvalue weighted by Crippen LogP contribution is -2.44. The van der Waals surface area contributed by atoms with E-state index < -0.39 is 0 Å². The van der Waals surface area contributed by atoms with E-state index in [2.05, 4.69) is 24.1 Å². The molecule has 2 aliphatic rings. The van der Waals surface area contributed by atoms with Gasteiger partial charge in [-0.25, -0.2) is 0 Å². The van der Waals surface area contributed by atoms with Crippen molar-refractivity contribution in [1.29, 1.82) is 0 Å². The van der Waals surface area contributed by atoms with E-state index >= 15 is 0 Å². The van der Waals surface area contributed by atoms with E-state index in [4.69, 9.17) is 0 Å². The number of carbonyl (C=O) groups is 1. The van der Waals surface area contributed by atoms with E-state index in [0.29, 0.717) is 18.0 Å². The van der Waals surface area contributed by atoms with Crippen molar-refractivity contribution in [2.75, 3.05) is 13.1 Å². The number of nitrogens with zero attached hydrogens (tertiary/aromatic N) is 1. The molecule has 2 rings (SSSR count). The van der Waals surface area contributed by atoms with Gasteiger partial charge in [-0.05, 0) is 39.7 Å². The molecule has 16 heavy (non-hydrogen) atoms. The predicted octanol–water partition coefficient (Wildman–Crippen LogP) is 1.78. The molecule has 1 aliphatic heterocycles. The third kappa shape index (κ3) is 2.24. The molecule has 0 radical (unpaired) electrons. The van der Waals surface area contributed by atoms with E-state index in [9.17, 15) is 4.79 Å². The first kappa shape index (κ1) is 11.9. The summed E-state index contributed by atoms with van der Waals surface area (Å²) in [4.78, 5) is 14.6. The van der Waals surface area contributed by atoms with E-state index in [1.165, 1.54) is 25.7 Å². The lowest BCUT2D eigenvalue weighted by molar-refractivity contribution is -0.137. The number of nitrogens with one attached hydrogen (secondary N) is 1. The van der Waals surface area contributed by atoms with Crippen LogP contribution in [0.2, 0.25) is 0 Å². The molecule has 2 atom stereocenters. The molecule has 1 N–H and O–H groups in total. The highest BCUT2D eigenvalue weighted by atomic mass is 16.2. The second-order valence-corrected chi connectivity index (χ2v) is 5.20. The highest BCUT2D eigenvalue weighted by molar-refractivity contribution is 5.80. The van der Waals surface area contributed by atoms with Crippen LogP contribution in [0.4, 0.5) is 0 Å². The lowest BCUT2D eigenvalue weighted by atomic mass is 9.99. The van der Waals surface area contributed by atoms with Crippen LogP contribution in [0, 0.1) is 5.92 Å². The van der Waals surface area contributed by atoms with Gasteiger partial charge in [0.2, 0.25) is 5.91 Å². The van der Waals surface area contributed by atoms with Gasteiger partial charge in [-0.15, -0.1) is 0 Å². The fourth-order valence-electron chi connectivity index (χ4n) is 3.22. The summed E-state index contributed by atoms with van der Waals surface area (Å²) in [5, 5.41) is 3.37. The zero-order chi connectivity index (χ0) is 11.5. The molecular formula is C13H24N2O. The molecule has 2 unspecified atom stereocenters. The van der Waals surface area contributed by atoms with Crippen LogP contribution in [0.3, 0.4) is 0 Å². The van der Waals surface area contributed by atoms with Crippen LogP contribution in [0.25, 0.3) is 0 Å². The number of amides is 1. The summed E-state index contributed by atoms with van der Waals surface area (Å²) < 4.78 is 0. The van der Waals surface area contributed by atoms with Crippen molar-refractivity contribution in [1.82, 2.24) is 10.2 Å². The third-order valence-corrected chi connectivity index (χ3v) is 4.23. The Morgan fingerprint density at radius 3 is 2.50 bits per heavy atom. The molecule has 3 heteroatoms. The highest BCUT2D eigenvalue weighted by Crippen LogP contribution is 2.27. The van der Waals surface area contributed by atoms with Crippen molar-refractivity contribution in [3.05, 3.63) is 0 Å². The zero-order valence-electron chi connectivity index (χ0n) is 10.5. The molecule has 92 valence electrons. The molecule has 0 aromatic heterocycles. The Kier molecular flexibility index (Phi) is 3.85. The van der Waals surface area contributed by atoms with Crippen molar-refractivity contribution in [3.63, 3.8) is 0 Å². The number of carbonyl (C=O) groups excluding carboxylic acids is 1. The Morgan fingerprint density at radius 1 is 1.31 bits per heavy atom. The number of hydrogen-bond donors (Lipinski definition) is 1. The van der Waals surface area contributed by atoms with Gasteiger partial charge in [-0.1, -0.05) is 12.8 Å². The van der Waals surface area contributed by atoms with Gasteiger partial charge in [0.15, 0.2) is 0 Å². The van der Waals surface area contributed by atoms with Gasteiger partial charge in [0, 0.05) is 18.6 Å². The van der Waals surface area contributed by atoms with Crippen molar-refractivity contribution in [2.45, 2.75) is 58.0 Å².